The second-order valence-electron chi connectivity index (χ2n) is 4.39. The van der Waals surface area contributed by atoms with Gasteiger partial charge in [-0.3, -0.25) is 0 Å². The number of hydrogen-bond donors (Lipinski definition) is 0. The molecule has 0 amide bonds. The normalized spacial score (nSPS) is 9.50. The van der Waals surface area contributed by atoms with Crippen LogP contribution in [0.5, 0.6) is 0 Å². The lowest BCUT2D eigenvalue weighted by atomic mass is 9.96. The number of hydrogen-bond acceptors (Lipinski definition) is 0. The first-order chi connectivity index (χ1) is 9.52. The monoisotopic (exact) mass is 272 g/mol. The predicted octanol–water partition coefficient (Wildman–Crippen LogP) is 6.97. The Bertz CT molecular complexity index is 441. The zero-order chi connectivity index (χ0) is 16.1. The van der Waals surface area contributed by atoms with Crippen molar-refractivity contribution in [2.24, 2.45) is 0 Å². The van der Waals surface area contributed by atoms with E-state index < -0.39 is 0 Å². The maximum atomic E-state index is 4.17. The standard InChI is InChI=1S/C16H20.2C2H6/c1-12(2)10-11-13(3)15(5)16-9-7-6-8-14(16)4;2*1-2/h6-11H,5H2,1-4H3;2*1-2H3/b13-11+;;. The first kappa shape index (κ1) is 20.8. The van der Waals surface area contributed by atoms with Crippen LogP contribution < -0.4 is 0 Å². The van der Waals surface area contributed by atoms with Crippen LogP contribution in [-0.2, 0) is 0 Å². The molecule has 0 nitrogen and oxygen atoms in total. The van der Waals surface area contributed by atoms with Gasteiger partial charge in [-0.1, -0.05) is 76.3 Å². The highest BCUT2D eigenvalue weighted by atomic mass is 14.1. The minimum Gasteiger partial charge on any atom is -0.0909 e. The van der Waals surface area contributed by atoms with Crippen molar-refractivity contribution < 1.29 is 0 Å². The molecule has 0 aliphatic heterocycles. The van der Waals surface area contributed by atoms with E-state index in [-0.39, 0.29) is 0 Å². The van der Waals surface area contributed by atoms with E-state index >= 15 is 0 Å². The molecule has 0 saturated heterocycles. The van der Waals surface area contributed by atoms with Crippen molar-refractivity contribution in [3.8, 4) is 0 Å². The molecule has 20 heavy (non-hydrogen) atoms. The zero-order valence-corrected chi connectivity index (χ0v) is 14.7. The van der Waals surface area contributed by atoms with Gasteiger partial charge in [0.25, 0.3) is 0 Å². The van der Waals surface area contributed by atoms with Gasteiger partial charge in [0.2, 0.25) is 0 Å². The Morgan fingerprint density at radius 3 is 1.85 bits per heavy atom. The van der Waals surface area contributed by atoms with Gasteiger partial charge in [0.15, 0.2) is 0 Å². The third-order valence-corrected chi connectivity index (χ3v) is 2.61. The molecule has 112 valence electrons. The van der Waals surface area contributed by atoms with Crippen LogP contribution in [0, 0.1) is 6.92 Å². The van der Waals surface area contributed by atoms with E-state index in [0.29, 0.717) is 0 Å². The lowest BCUT2D eigenvalue weighted by Crippen LogP contribution is -1.88. The van der Waals surface area contributed by atoms with E-state index in [0.717, 1.165) is 5.57 Å². The minimum absolute atomic E-state index is 1.11. The van der Waals surface area contributed by atoms with Crippen LogP contribution in [-0.4, -0.2) is 0 Å². The van der Waals surface area contributed by atoms with Crippen molar-refractivity contribution in [2.75, 3.05) is 0 Å². The number of aryl methyl sites for hydroxylation is 1. The van der Waals surface area contributed by atoms with Crippen molar-refractivity contribution in [3.05, 3.63) is 65.3 Å². The maximum Gasteiger partial charge on any atom is -0.0158 e. The van der Waals surface area contributed by atoms with Gasteiger partial charge >= 0.3 is 0 Å². The topological polar surface area (TPSA) is 0 Å². The molecule has 0 bridgehead atoms. The third-order valence-electron chi connectivity index (χ3n) is 2.61. The first-order valence-corrected chi connectivity index (χ1v) is 7.59. The summed E-state index contributed by atoms with van der Waals surface area (Å²) in [4.78, 5) is 0. The van der Waals surface area contributed by atoms with Crippen molar-refractivity contribution >= 4 is 5.57 Å². The Hall–Kier alpha value is -1.56. The third kappa shape index (κ3) is 7.78. The van der Waals surface area contributed by atoms with Gasteiger partial charge in [0, 0.05) is 0 Å². The molecule has 0 N–H and O–H groups in total. The van der Waals surface area contributed by atoms with Gasteiger partial charge < -0.3 is 0 Å². The van der Waals surface area contributed by atoms with Crippen LogP contribution in [0.4, 0.5) is 0 Å². The van der Waals surface area contributed by atoms with E-state index in [1.165, 1.54) is 22.3 Å². The van der Waals surface area contributed by atoms with Crippen molar-refractivity contribution in [3.63, 3.8) is 0 Å². The molecule has 0 aromatic heterocycles. The summed E-state index contributed by atoms with van der Waals surface area (Å²) < 4.78 is 0. The van der Waals surface area contributed by atoms with Crippen molar-refractivity contribution in [1.29, 1.82) is 0 Å². The van der Waals surface area contributed by atoms with Gasteiger partial charge in [-0.15, -0.1) is 0 Å². The summed E-state index contributed by atoms with van der Waals surface area (Å²) in [5, 5.41) is 0. The lowest BCUT2D eigenvalue weighted by Gasteiger charge is -2.09. The smallest absolute Gasteiger partial charge is 0.0158 e. The summed E-state index contributed by atoms with van der Waals surface area (Å²) in [5.74, 6) is 0. The van der Waals surface area contributed by atoms with Crippen molar-refractivity contribution in [2.45, 2.75) is 55.4 Å². The Balaban J connectivity index is 0. The molecular formula is C20H32. The Kier molecular flexibility index (Phi) is 12.9. The van der Waals surface area contributed by atoms with E-state index in [1.807, 2.05) is 27.7 Å². The number of benzene rings is 1. The van der Waals surface area contributed by atoms with E-state index in [9.17, 15) is 0 Å². The highest BCUT2D eigenvalue weighted by molar-refractivity contribution is 5.78. The quantitative estimate of drug-likeness (QED) is 0.521. The predicted molar refractivity (Wildman–Crippen MR) is 96.1 cm³/mol. The molecule has 1 aromatic carbocycles. The summed E-state index contributed by atoms with van der Waals surface area (Å²) in [6, 6.07) is 8.36. The minimum atomic E-state index is 1.11. The van der Waals surface area contributed by atoms with Gasteiger partial charge in [0.1, 0.15) is 0 Å². The van der Waals surface area contributed by atoms with Crippen LogP contribution in [0.1, 0.15) is 59.6 Å². The van der Waals surface area contributed by atoms with Gasteiger partial charge in [-0.25, -0.2) is 0 Å². The van der Waals surface area contributed by atoms with Crippen LogP contribution in [0.25, 0.3) is 5.57 Å². The van der Waals surface area contributed by atoms with Crippen LogP contribution >= 0.6 is 0 Å². The lowest BCUT2D eigenvalue weighted by molar-refractivity contribution is 1.37. The van der Waals surface area contributed by atoms with Crippen molar-refractivity contribution in [1.82, 2.24) is 0 Å². The molecule has 0 heterocycles. The molecule has 0 aliphatic carbocycles. The number of rotatable bonds is 3. The summed E-state index contributed by atoms with van der Waals surface area (Å²) in [7, 11) is 0. The Morgan fingerprint density at radius 2 is 1.40 bits per heavy atom. The zero-order valence-electron chi connectivity index (χ0n) is 14.7. The van der Waals surface area contributed by atoms with E-state index in [1.54, 1.807) is 0 Å². The SMILES string of the molecule is C=C(/C(C)=C/C=C(C)C)c1ccccc1C.CC.CC. The van der Waals surface area contributed by atoms with Crippen LogP contribution in [0.2, 0.25) is 0 Å². The summed E-state index contributed by atoms with van der Waals surface area (Å²) >= 11 is 0. The molecule has 0 unspecified atom stereocenters. The van der Waals surface area contributed by atoms with Gasteiger partial charge in [-0.2, -0.15) is 0 Å². The fourth-order valence-electron chi connectivity index (χ4n) is 1.52. The highest BCUT2D eigenvalue weighted by Gasteiger charge is 2.02. The number of allylic oxidation sites excluding steroid dienone is 5. The molecule has 0 radical (unpaired) electrons. The molecule has 0 saturated carbocycles. The molecular weight excluding hydrogens is 240 g/mol. The summed E-state index contributed by atoms with van der Waals surface area (Å²) in [6.07, 6.45) is 4.25. The van der Waals surface area contributed by atoms with Gasteiger partial charge in [0.05, 0.1) is 0 Å². The average molecular weight is 272 g/mol. The molecule has 1 rings (SSSR count). The average Bonchev–Trinajstić information content (AvgIpc) is 2.48. The first-order valence-electron chi connectivity index (χ1n) is 7.59. The molecule has 0 fully saturated rings. The van der Waals surface area contributed by atoms with E-state index in [2.05, 4.69) is 70.7 Å². The molecule has 0 aliphatic rings. The van der Waals surface area contributed by atoms with Gasteiger partial charge in [-0.05, 0) is 50.0 Å². The fraction of sp³-hybridized carbons (Fsp3) is 0.400. The molecule has 1 aromatic rings. The highest BCUT2D eigenvalue weighted by Crippen LogP contribution is 2.23. The maximum absolute atomic E-state index is 4.17. The fourth-order valence-corrected chi connectivity index (χ4v) is 1.52. The Morgan fingerprint density at radius 1 is 0.900 bits per heavy atom. The largest absolute Gasteiger partial charge is 0.0909 e. The van der Waals surface area contributed by atoms with Crippen LogP contribution in [0.3, 0.4) is 0 Å². The summed E-state index contributed by atoms with van der Waals surface area (Å²) in [6.45, 7) is 20.6. The molecule has 0 atom stereocenters. The molecule has 0 spiro atoms. The second kappa shape index (κ2) is 12.5. The second-order valence-corrected chi connectivity index (χ2v) is 4.39. The van der Waals surface area contributed by atoms with Crippen LogP contribution in [0.15, 0.2) is 54.1 Å². The molecule has 0 heteroatoms. The summed E-state index contributed by atoms with van der Waals surface area (Å²) in [5.41, 5.74) is 6.14. The Labute approximate surface area is 126 Å². The van der Waals surface area contributed by atoms with E-state index in [4.69, 9.17) is 0 Å².